The third kappa shape index (κ3) is 2.89. The first kappa shape index (κ1) is 11.7. The third-order valence-electron chi connectivity index (χ3n) is 2.43. The summed E-state index contributed by atoms with van der Waals surface area (Å²) in [5.41, 5.74) is 1.07. The van der Waals surface area contributed by atoms with Crippen LogP contribution in [0.4, 0.5) is 5.00 Å². The van der Waals surface area contributed by atoms with Gasteiger partial charge in [-0.1, -0.05) is 11.3 Å². The molecule has 0 saturated heterocycles. The van der Waals surface area contributed by atoms with Gasteiger partial charge in [0.2, 0.25) is 0 Å². The molecule has 1 unspecified atom stereocenters. The Labute approximate surface area is 102 Å². The molecule has 2 heterocycles. The summed E-state index contributed by atoms with van der Waals surface area (Å²) in [7, 11) is 0. The molecule has 7 heteroatoms. The average molecular weight is 252 g/mol. The van der Waals surface area contributed by atoms with Crippen molar-refractivity contribution in [2.75, 3.05) is 0 Å². The minimum absolute atomic E-state index is 0.162. The number of nitrogens with zero attached hydrogens (tertiary/aromatic N) is 2. The Hall–Kier alpha value is -1.73. The number of nitrogens with one attached hydrogen (secondary N) is 2. The molecule has 6 nitrogen and oxygen atoms in total. The maximum atomic E-state index is 10.5. The van der Waals surface area contributed by atoms with Crippen LogP contribution in [0.25, 0.3) is 0 Å². The molecule has 1 atom stereocenters. The van der Waals surface area contributed by atoms with Crippen molar-refractivity contribution in [2.45, 2.75) is 19.5 Å². The lowest BCUT2D eigenvalue weighted by Gasteiger charge is -2.10. The molecule has 0 aliphatic rings. The maximum Gasteiger partial charge on any atom is 0.324 e. The minimum Gasteiger partial charge on any atom is -0.305 e. The molecule has 0 radical (unpaired) electrons. The van der Waals surface area contributed by atoms with Crippen molar-refractivity contribution in [1.29, 1.82) is 0 Å². The standard InChI is InChI=1S/C10H12N4O2S/c1-7(8-4-12-13-5-8)11-6-9-2-3-10(17-9)14(15)16/h2-5,7,11H,6H2,1H3,(H,12,13). The number of aromatic nitrogens is 2. The van der Waals surface area contributed by atoms with Crippen molar-refractivity contribution >= 4 is 16.3 Å². The summed E-state index contributed by atoms with van der Waals surface area (Å²) in [6.45, 7) is 2.64. The number of H-pyrrole nitrogens is 1. The highest BCUT2D eigenvalue weighted by Gasteiger charge is 2.11. The highest BCUT2D eigenvalue weighted by Crippen LogP contribution is 2.24. The van der Waals surface area contributed by atoms with Crippen molar-refractivity contribution in [1.82, 2.24) is 15.5 Å². The number of thiophene rings is 1. The highest BCUT2D eigenvalue weighted by atomic mass is 32.1. The Morgan fingerprint density at radius 2 is 2.47 bits per heavy atom. The summed E-state index contributed by atoms with van der Waals surface area (Å²) in [6, 6.07) is 3.47. The van der Waals surface area contributed by atoms with Crippen LogP contribution >= 0.6 is 11.3 Å². The first-order chi connectivity index (χ1) is 8.16. The van der Waals surface area contributed by atoms with E-state index >= 15 is 0 Å². The van der Waals surface area contributed by atoms with Crippen LogP contribution in [0.15, 0.2) is 24.5 Å². The maximum absolute atomic E-state index is 10.5. The second kappa shape index (κ2) is 5.07. The molecule has 0 bridgehead atoms. The second-order valence-electron chi connectivity index (χ2n) is 3.63. The second-order valence-corrected chi connectivity index (χ2v) is 4.78. The number of hydrogen-bond acceptors (Lipinski definition) is 5. The fraction of sp³-hybridized carbons (Fsp3) is 0.300. The van der Waals surface area contributed by atoms with Crippen molar-refractivity contribution in [2.24, 2.45) is 0 Å². The summed E-state index contributed by atoms with van der Waals surface area (Å²) in [5, 5.41) is 20.6. The van der Waals surface area contributed by atoms with Crippen molar-refractivity contribution in [3.63, 3.8) is 0 Å². The van der Waals surface area contributed by atoms with E-state index in [1.165, 1.54) is 17.4 Å². The Morgan fingerprint density at radius 1 is 1.65 bits per heavy atom. The summed E-state index contributed by atoms with van der Waals surface area (Å²) < 4.78 is 0. The molecule has 90 valence electrons. The summed E-state index contributed by atoms with van der Waals surface area (Å²) >= 11 is 1.20. The van der Waals surface area contributed by atoms with Crippen molar-refractivity contribution in [3.05, 3.63) is 45.1 Å². The van der Waals surface area contributed by atoms with Gasteiger partial charge in [0.05, 0.1) is 11.1 Å². The molecule has 0 spiro atoms. The fourth-order valence-corrected chi connectivity index (χ4v) is 2.20. The Bertz CT molecular complexity index is 494. The summed E-state index contributed by atoms with van der Waals surface area (Å²) in [5.74, 6) is 0. The van der Waals surface area contributed by atoms with Crippen LogP contribution in [0.3, 0.4) is 0 Å². The van der Waals surface area contributed by atoms with E-state index in [0.717, 1.165) is 10.4 Å². The van der Waals surface area contributed by atoms with Gasteiger partial charge in [0.1, 0.15) is 0 Å². The zero-order valence-electron chi connectivity index (χ0n) is 9.21. The van der Waals surface area contributed by atoms with E-state index in [4.69, 9.17) is 0 Å². The molecule has 17 heavy (non-hydrogen) atoms. The molecule has 0 amide bonds. The van der Waals surface area contributed by atoms with Gasteiger partial charge >= 0.3 is 5.00 Å². The van der Waals surface area contributed by atoms with Gasteiger partial charge in [0.25, 0.3) is 0 Å². The minimum atomic E-state index is -0.367. The molecular formula is C10H12N4O2S. The van der Waals surface area contributed by atoms with Gasteiger partial charge in [0.15, 0.2) is 0 Å². The number of aromatic amines is 1. The van der Waals surface area contributed by atoms with E-state index in [9.17, 15) is 10.1 Å². The topological polar surface area (TPSA) is 83.8 Å². The van der Waals surface area contributed by atoms with Crippen LogP contribution in [0.5, 0.6) is 0 Å². The lowest BCUT2D eigenvalue weighted by molar-refractivity contribution is -0.380. The van der Waals surface area contributed by atoms with Crippen LogP contribution in [0, 0.1) is 10.1 Å². The first-order valence-corrected chi connectivity index (χ1v) is 5.93. The van der Waals surface area contributed by atoms with E-state index < -0.39 is 0 Å². The molecule has 0 fully saturated rings. The normalized spacial score (nSPS) is 12.5. The molecule has 2 aromatic rings. The van der Waals surface area contributed by atoms with E-state index in [-0.39, 0.29) is 16.0 Å². The zero-order valence-corrected chi connectivity index (χ0v) is 10.0. The van der Waals surface area contributed by atoms with Gasteiger partial charge in [-0.3, -0.25) is 15.2 Å². The smallest absolute Gasteiger partial charge is 0.305 e. The van der Waals surface area contributed by atoms with E-state index in [1.54, 1.807) is 12.3 Å². The van der Waals surface area contributed by atoms with Gasteiger partial charge in [-0.25, -0.2) is 0 Å². The first-order valence-electron chi connectivity index (χ1n) is 5.12. The van der Waals surface area contributed by atoms with Crippen LogP contribution < -0.4 is 5.32 Å². The van der Waals surface area contributed by atoms with Crippen LogP contribution in [0.1, 0.15) is 23.4 Å². The van der Waals surface area contributed by atoms with E-state index in [2.05, 4.69) is 15.5 Å². The number of nitro groups is 1. The van der Waals surface area contributed by atoms with Crippen LogP contribution in [-0.4, -0.2) is 15.1 Å². The molecule has 0 aliphatic carbocycles. The van der Waals surface area contributed by atoms with E-state index in [1.807, 2.05) is 13.1 Å². The molecule has 0 aliphatic heterocycles. The largest absolute Gasteiger partial charge is 0.324 e. The van der Waals surface area contributed by atoms with Gasteiger partial charge < -0.3 is 5.32 Å². The lowest BCUT2D eigenvalue weighted by Crippen LogP contribution is -2.16. The molecule has 2 rings (SSSR count). The Balaban J connectivity index is 1.91. The van der Waals surface area contributed by atoms with E-state index in [0.29, 0.717) is 6.54 Å². The predicted octanol–water partition coefficient (Wildman–Crippen LogP) is 2.23. The number of hydrogen-bond donors (Lipinski definition) is 2. The fourth-order valence-electron chi connectivity index (χ4n) is 1.43. The molecule has 2 N–H and O–H groups in total. The Kier molecular flexibility index (Phi) is 3.50. The lowest BCUT2D eigenvalue weighted by atomic mass is 10.2. The third-order valence-corrected chi connectivity index (χ3v) is 3.47. The zero-order chi connectivity index (χ0) is 12.3. The molecule has 0 aromatic carbocycles. The summed E-state index contributed by atoms with van der Waals surface area (Å²) in [4.78, 5) is 11.1. The number of rotatable bonds is 5. The van der Waals surface area contributed by atoms with Gasteiger partial charge in [-0.15, -0.1) is 0 Å². The predicted molar refractivity (Wildman–Crippen MR) is 64.8 cm³/mol. The average Bonchev–Trinajstić information content (AvgIpc) is 2.97. The molecular weight excluding hydrogens is 240 g/mol. The SMILES string of the molecule is CC(NCc1ccc([N+](=O)[O-])s1)c1cn[nH]c1. The van der Waals surface area contributed by atoms with Crippen LogP contribution in [0.2, 0.25) is 0 Å². The monoisotopic (exact) mass is 252 g/mol. The quantitative estimate of drug-likeness (QED) is 0.631. The van der Waals surface area contributed by atoms with Gasteiger partial charge in [-0.2, -0.15) is 5.10 Å². The Morgan fingerprint density at radius 3 is 3.06 bits per heavy atom. The molecule has 0 saturated carbocycles. The van der Waals surface area contributed by atoms with Gasteiger partial charge in [-0.05, 0) is 13.0 Å². The van der Waals surface area contributed by atoms with Crippen LogP contribution in [-0.2, 0) is 6.54 Å². The summed E-state index contributed by atoms with van der Waals surface area (Å²) in [6.07, 6.45) is 3.59. The molecule has 2 aromatic heterocycles. The van der Waals surface area contributed by atoms with Gasteiger partial charge in [0, 0.05) is 35.3 Å². The highest BCUT2D eigenvalue weighted by molar-refractivity contribution is 7.15. The van der Waals surface area contributed by atoms with Crippen molar-refractivity contribution < 1.29 is 4.92 Å². The van der Waals surface area contributed by atoms with Crippen molar-refractivity contribution in [3.8, 4) is 0 Å².